The quantitative estimate of drug-likeness (QED) is 0.712. The highest BCUT2D eigenvalue weighted by Gasteiger charge is 2.63. The Morgan fingerprint density at radius 1 is 1.16 bits per heavy atom. The molecule has 5 nitrogen and oxygen atoms in total. The molecule has 5 rings (SSSR count). The maximum atomic E-state index is 13.4. The van der Waals surface area contributed by atoms with Crippen LogP contribution in [0.1, 0.15) is 77.2 Å². The molecular formula is C27H42N2O3. The van der Waals surface area contributed by atoms with Gasteiger partial charge in [-0.2, -0.15) is 5.10 Å². The van der Waals surface area contributed by atoms with Gasteiger partial charge in [0.2, 0.25) is 0 Å². The summed E-state index contributed by atoms with van der Waals surface area (Å²) in [4.78, 5) is 13.4. The summed E-state index contributed by atoms with van der Waals surface area (Å²) in [6, 6.07) is 0. The minimum atomic E-state index is -0.520. The van der Waals surface area contributed by atoms with E-state index in [-0.39, 0.29) is 16.7 Å². The zero-order chi connectivity index (χ0) is 22.7. The molecular weight excluding hydrogens is 400 g/mol. The number of aryl methyl sites for hydroxylation is 1. The summed E-state index contributed by atoms with van der Waals surface area (Å²) in [5.41, 5.74) is 0.936. The number of fused-ring (bicyclic) bond motifs is 5. The molecule has 4 aliphatic carbocycles. The van der Waals surface area contributed by atoms with Gasteiger partial charge in [0.25, 0.3) is 0 Å². The lowest BCUT2D eigenvalue weighted by Gasteiger charge is -2.62. The first-order valence-electron chi connectivity index (χ1n) is 12.9. The first kappa shape index (κ1) is 22.6. The monoisotopic (exact) mass is 442 g/mol. The topological polar surface area (TPSA) is 64.3 Å². The summed E-state index contributed by atoms with van der Waals surface area (Å²) in [5.74, 6) is 3.14. The molecule has 1 aromatic rings. The zero-order valence-electron chi connectivity index (χ0n) is 20.5. The molecule has 8 atom stereocenters. The number of aromatic nitrogens is 2. The van der Waals surface area contributed by atoms with Crippen molar-refractivity contribution in [3.8, 4) is 0 Å². The van der Waals surface area contributed by atoms with E-state index in [1.54, 1.807) is 0 Å². The number of hydrogen-bond donors (Lipinski definition) is 1. The minimum absolute atomic E-state index is 0.127. The van der Waals surface area contributed by atoms with E-state index in [4.69, 9.17) is 4.74 Å². The van der Waals surface area contributed by atoms with E-state index in [1.165, 1.54) is 25.7 Å². The predicted molar refractivity (Wildman–Crippen MR) is 124 cm³/mol. The first-order valence-corrected chi connectivity index (χ1v) is 12.9. The third-order valence-electron chi connectivity index (χ3n) is 10.5. The molecule has 0 bridgehead atoms. The molecule has 0 aromatic carbocycles. The lowest BCUT2D eigenvalue weighted by Crippen LogP contribution is -2.58. The Morgan fingerprint density at radius 2 is 1.97 bits per heavy atom. The summed E-state index contributed by atoms with van der Waals surface area (Å²) < 4.78 is 7.70. The van der Waals surface area contributed by atoms with Crippen LogP contribution in [0.5, 0.6) is 0 Å². The zero-order valence-corrected chi connectivity index (χ0v) is 20.5. The first-order chi connectivity index (χ1) is 15.2. The number of nitrogens with zero attached hydrogens (tertiary/aromatic N) is 2. The largest absolute Gasteiger partial charge is 0.390 e. The molecule has 32 heavy (non-hydrogen) atoms. The van der Waals surface area contributed by atoms with E-state index < -0.39 is 5.60 Å². The summed E-state index contributed by atoms with van der Waals surface area (Å²) in [6.07, 6.45) is 13.8. The maximum absolute atomic E-state index is 13.4. The lowest BCUT2D eigenvalue weighted by atomic mass is 9.43. The number of methoxy groups -OCH3 is 1. The summed E-state index contributed by atoms with van der Waals surface area (Å²) in [7, 11) is 1.86. The Morgan fingerprint density at radius 3 is 2.69 bits per heavy atom. The van der Waals surface area contributed by atoms with E-state index in [9.17, 15) is 9.90 Å². The SMILES string of the molecule is COC[C@]12CC[C@@](C)(O)C[C@H]1CC[C@H]1[C@@H]3CC[C@H](C(=O)Cn4cc(C)cn4)[C@@]3(C)CC[C@@H]12. The van der Waals surface area contributed by atoms with Crippen LogP contribution in [0, 0.1) is 47.3 Å². The third kappa shape index (κ3) is 3.50. The average molecular weight is 443 g/mol. The van der Waals surface area contributed by atoms with E-state index in [0.29, 0.717) is 36.0 Å². The van der Waals surface area contributed by atoms with Crippen molar-refractivity contribution >= 4 is 5.78 Å². The highest BCUT2D eigenvalue weighted by atomic mass is 16.5. The molecule has 0 radical (unpaired) electrons. The van der Waals surface area contributed by atoms with Crippen molar-refractivity contribution in [2.24, 2.45) is 40.4 Å². The molecule has 178 valence electrons. The molecule has 0 saturated heterocycles. The Labute approximate surface area is 193 Å². The van der Waals surface area contributed by atoms with Gasteiger partial charge in [-0.3, -0.25) is 9.48 Å². The number of hydrogen-bond acceptors (Lipinski definition) is 4. The van der Waals surface area contributed by atoms with Gasteiger partial charge in [-0.25, -0.2) is 0 Å². The number of rotatable bonds is 5. The Balaban J connectivity index is 1.37. The normalized spacial score (nSPS) is 45.7. The van der Waals surface area contributed by atoms with E-state index in [0.717, 1.165) is 44.3 Å². The molecule has 4 saturated carbocycles. The number of carbonyl (C=O) groups excluding carboxylic acids is 1. The smallest absolute Gasteiger partial charge is 0.157 e. The van der Waals surface area contributed by atoms with Crippen LogP contribution in [0.4, 0.5) is 0 Å². The molecule has 0 amide bonds. The van der Waals surface area contributed by atoms with Gasteiger partial charge in [0.1, 0.15) is 0 Å². The van der Waals surface area contributed by atoms with Gasteiger partial charge in [0.05, 0.1) is 24.9 Å². The van der Waals surface area contributed by atoms with Gasteiger partial charge in [0.15, 0.2) is 5.78 Å². The fraction of sp³-hybridized carbons (Fsp3) is 0.852. The molecule has 0 aliphatic heterocycles. The van der Waals surface area contributed by atoms with Crippen molar-refractivity contribution < 1.29 is 14.6 Å². The van der Waals surface area contributed by atoms with E-state index in [2.05, 4.69) is 12.0 Å². The number of aliphatic hydroxyl groups is 1. The Hall–Kier alpha value is -1.20. The van der Waals surface area contributed by atoms with Crippen molar-refractivity contribution in [2.45, 2.75) is 90.7 Å². The van der Waals surface area contributed by atoms with E-state index in [1.807, 2.05) is 38.0 Å². The fourth-order valence-corrected chi connectivity index (χ4v) is 9.14. The second kappa shape index (κ2) is 7.94. The van der Waals surface area contributed by atoms with Crippen LogP contribution in [0.15, 0.2) is 12.4 Å². The molecule has 0 unspecified atom stereocenters. The van der Waals surface area contributed by atoms with Crippen LogP contribution in [-0.2, 0) is 16.1 Å². The molecule has 4 aliphatic rings. The van der Waals surface area contributed by atoms with Gasteiger partial charge in [0, 0.05) is 19.2 Å². The lowest BCUT2D eigenvalue weighted by molar-refractivity contribution is -0.175. The van der Waals surface area contributed by atoms with Gasteiger partial charge < -0.3 is 9.84 Å². The molecule has 0 spiro atoms. The van der Waals surface area contributed by atoms with Crippen molar-refractivity contribution in [3.63, 3.8) is 0 Å². The van der Waals surface area contributed by atoms with Crippen LogP contribution >= 0.6 is 0 Å². The average Bonchev–Trinajstić information content (AvgIpc) is 3.30. The molecule has 5 heteroatoms. The van der Waals surface area contributed by atoms with Crippen LogP contribution in [-0.4, -0.2) is 40.0 Å². The summed E-state index contributed by atoms with van der Waals surface area (Å²) in [5, 5.41) is 15.2. The van der Waals surface area contributed by atoms with Gasteiger partial charge in [-0.15, -0.1) is 0 Å². The van der Waals surface area contributed by atoms with Crippen molar-refractivity contribution in [1.82, 2.24) is 9.78 Å². The minimum Gasteiger partial charge on any atom is -0.390 e. The standard InChI is InChI=1S/C27H42N2O3/c1-18-14-28-29(15-18)16-24(30)23-8-7-21-20-6-5-19-13-25(2,31)11-12-27(19,17-32-4)22(20)9-10-26(21,23)3/h14-15,19-23,31H,5-13,16-17H2,1-4H3/t19-,20+,21+,22+,23-,25-,26+,27-/m1/s1. The Bertz CT molecular complexity index is 863. The van der Waals surface area contributed by atoms with Crippen LogP contribution < -0.4 is 0 Å². The Kier molecular flexibility index (Phi) is 5.60. The molecule has 1 aromatic heterocycles. The van der Waals surface area contributed by atoms with Crippen LogP contribution in [0.3, 0.4) is 0 Å². The van der Waals surface area contributed by atoms with Gasteiger partial charge >= 0.3 is 0 Å². The number of carbonyl (C=O) groups is 1. The third-order valence-corrected chi connectivity index (χ3v) is 10.5. The second-order valence-corrected chi connectivity index (χ2v) is 12.4. The molecule has 1 heterocycles. The van der Waals surface area contributed by atoms with Crippen molar-refractivity contribution in [3.05, 3.63) is 18.0 Å². The van der Waals surface area contributed by atoms with Gasteiger partial charge in [-0.1, -0.05) is 6.92 Å². The van der Waals surface area contributed by atoms with Gasteiger partial charge in [-0.05, 0) is 112 Å². The number of ether oxygens (including phenoxy) is 1. The van der Waals surface area contributed by atoms with Crippen LogP contribution in [0.25, 0.3) is 0 Å². The summed E-state index contributed by atoms with van der Waals surface area (Å²) in [6.45, 7) is 7.73. The fourth-order valence-electron chi connectivity index (χ4n) is 9.14. The van der Waals surface area contributed by atoms with Crippen molar-refractivity contribution in [1.29, 1.82) is 0 Å². The highest BCUT2D eigenvalue weighted by molar-refractivity contribution is 5.82. The number of Topliss-reactive ketones (excluding diaryl/α,β-unsaturated/α-hetero) is 1. The van der Waals surface area contributed by atoms with Crippen molar-refractivity contribution in [2.75, 3.05) is 13.7 Å². The molecule has 4 fully saturated rings. The predicted octanol–water partition coefficient (Wildman–Crippen LogP) is 4.80. The highest BCUT2D eigenvalue weighted by Crippen LogP contribution is 2.68. The maximum Gasteiger partial charge on any atom is 0.157 e. The van der Waals surface area contributed by atoms with E-state index >= 15 is 0 Å². The number of ketones is 1. The second-order valence-electron chi connectivity index (χ2n) is 12.4. The van der Waals surface area contributed by atoms with Crippen LogP contribution in [0.2, 0.25) is 0 Å². The molecule has 1 N–H and O–H groups in total. The summed E-state index contributed by atoms with van der Waals surface area (Å²) >= 11 is 0.